The molecule has 2 saturated heterocycles. The Morgan fingerprint density at radius 1 is 0.667 bits per heavy atom. The maximum Gasteiger partial charge on any atom is 0.231 e. The summed E-state index contributed by atoms with van der Waals surface area (Å²) in [4.78, 5) is 0. The zero-order valence-corrected chi connectivity index (χ0v) is 14.8. The monoisotopic (exact) mass is 368 g/mol. The number of fused-ring (bicyclic) bond motifs is 3. The van der Waals surface area contributed by atoms with Crippen LogP contribution in [0.5, 0.6) is 23.0 Å². The lowest BCUT2D eigenvalue weighted by Crippen LogP contribution is -2.29. The molecule has 0 aromatic heterocycles. The van der Waals surface area contributed by atoms with Gasteiger partial charge in [0.15, 0.2) is 23.0 Å². The molecule has 0 spiro atoms. The molecule has 4 aliphatic heterocycles. The van der Waals surface area contributed by atoms with E-state index in [4.69, 9.17) is 28.4 Å². The highest BCUT2D eigenvalue weighted by atomic mass is 16.7. The van der Waals surface area contributed by atoms with E-state index in [1.54, 1.807) is 0 Å². The third-order valence-corrected chi connectivity index (χ3v) is 5.98. The number of ether oxygens (including phenoxy) is 6. The molecule has 0 radical (unpaired) electrons. The van der Waals surface area contributed by atoms with Crippen LogP contribution < -0.4 is 18.9 Å². The lowest BCUT2D eigenvalue weighted by Gasteiger charge is -2.33. The summed E-state index contributed by atoms with van der Waals surface area (Å²) >= 11 is 0. The van der Waals surface area contributed by atoms with E-state index in [-0.39, 0.29) is 19.0 Å². The maximum atomic E-state index is 6.25. The zero-order chi connectivity index (χ0) is 17.8. The predicted octanol–water partition coefficient (Wildman–Crippen LogP) is 3.61. The number of rotatable bonds is 2. The van der Waals surface area contributed by atoms with Crippen molar-refractivity contribution in [2.24, 2.45) is 11.8 Å². The summed E-state index contributed by atoms with van der Waals surface area (Å²) in [6.07, 6.45) is 1.06. The first kappa shape index (κ1) is 15.6. The van der Waals surface area contributed by atoms with Crippen molar-refractivity contribution in [3.63, 3.8) is 0 Å². The minimum absolute atomic E-state index is 0.0437. The van der Waals surface area contributed by atoms with Crippen molar-refractivity contribution in [1.29, 1.82) is 0 Å². The van der Waals surface area contributed by atoms with Gasteiger partial charge >= 0.3 is 0 Å². The SMILES string of the molecule is c1cc2c(cc1[C@H]1OC[C@@H]3C[C@H](c4ccc5c(c4)OCO5)OC[C@@H]31)OCO2. The molecule has 4 atom stereocenters. The van der Waals surface area contributed by atoms with Gasteiger partial charge in [-0.2, -0.15) is 0 Å². The van der Waals surface area contributed by atoms with Gasteiger partial charge in [-0.25, -0.2) is 0 Å². The molecule has 6 heteroatoms. The summed E-state index contributed by atoms with van der Waals surface area (Å²) < 4.78 is 34.3. The van der Waals surface area contributed by atoms with Gasteiger partial charge in [0.1, 0.15) is 0 Å². The molecule has 6 nitrogen and oxygen atoms in total. The predicted molar refractivity (Wildman–Crippen MR) is 94.1 cm³/mol. The van der Waals surface area contributed by atoms with E-state index in [1.165, 1.54) is 0 Å². The van der Waals surface area contributed by atoms with Gasteiger partial charge in [0, 0.05) is 5.92 Å². The van der Waals surface area contributed by atoms with Crippen molar-refractivity contribution >= 4 is 0 Å². The standard InChI is InChI=1S/C21H20O6/c1-3-16-19(26-10-24-16)5-12(1)18-7-14-8-23-21(15(14)9-22-18)13-2-4-17-20(6-13)27-11-25-17/h1-6,14-15,18,21H,7-11H2/t14-,15-,18+,21+/m0/s1. The molecular weight excluding hydrogens is 348 g/mol. The van der Waals surface area contributed by atoms with Crippen molar-refractivity contribution in [2.45, 2.75) is 18.6 Å². The van der Waals surface area contributed by atoms with Gasteiger partial charge in [0.2, 0.25) is 13.6 Å². The largest absolute Gasteiger partial charge is 0.454 e. The highest BCUT2D eigenvalue weighted by molar-refractivity contribution is 5.46. The van der Waals surface area contributed by atoms with Crippen LogP contribution in [-0.2, 0) is 9.47 Å². The molecule has 0 N–H and O–H groups in total. The molecule has 0 aliphatic carbocycles. The second-order valence-electron chi connectivity index (χ2n) is 7.46. The van der Waals surface area contributed by atoms with Crippen molar-refractivity contribution < 1.29 is 28.4 Å². The first-order valence-electron chi connectivity index (χ1n) is 9.37. The minimum atomic E-state index is 0.0437. The van der Waals surface area contributed by atoms with Crippen LogP contribution in [0.2, 0.25) is 0 Å². The van der Waals surface area contributed by atoms with Crippen LogP contribution in [0.3, 0.4) is 0 Å². The average molecular weight is 368 g/mol. The Morgan fingerprint density at radius 2 is 1.33 bits per heavy atom. The Balaban J connectivity index is 1.20. The van der Waals surface area contributed by atoms with E-state index in [0.29, 0.717) is 25.2 Å². The lowest BCUT2D eigenvalue weighted by molar-refractivity contribution is -0.0449. The van der Waals surface area contributed by atoms with E-state index in [2.05, 4.69) is 12.1 Å². The third kappa shape index (κ3) is 2.55. The smallest absolute Gasteiger partial charge is 0.231 e. The second-order valence-corrected chi connectivity index (χ2v) is 7.46. The Hall–Kier alpha value is -2.44. The molecule has 0 unspecified atom stereocenters. The summed E-state index contributed by atoms with van der Waals surface area (Å²) in [6, 6.07) is 12.2. The Kier molecular flexibility index (Phi) is 3.49. The Labute approximate surface area is 156 Å². The van der Waals surface area contributed by atoms with Gasteiger partial charge in [-0.15, -0.1) is 0 Å². The van der Waals surface area contributed by atoms with Crippen molar-refractivity contribution in [2.75, 3.05) is 26.8 Å². The van der Waals surface area contributed by atoms with Crippen LogP contribution in [-0.4, -0.2) is 26.8 Å². The molecule has 0 bridgehead atoms. The summed E-state index contributed by atoms with van der Waals surface area (Å²) in [7, 11) is 0. The molecule has 27 heavy (non-hydrogen) atoms. The molecule has 2 aromatic carbocycles. The van der Waals surface area contributed by atoms with Gasteiger partial charge in [0.05, 0.1) is 25.4 Å². The number of benzene rings is 2. The van der Waals surface area contributed by atoms with E-state index in [0.717, 1.165) is 47.2 Å². The average Bonchev–Trinajstić information content (AvgIpc) is 3.44. The quantitative estimate of drug-likeness (QED) is 0.807. The zero-order valence-electron chi connectivity index (χ0n) is 14.8. The summed E-state index contributed by atoms with van der Waals surface area (Å²) in [5, 5.41) is 0. The topological polar surface area (TPSA) is 55.4 Å². The minimum Gasteiger partial charge on any atom is -0.454 e. The van der Waals surface area contributed by atoms with Crippen LogP contribution >= 0.6 is 0 Å². The summed E-state index contributed by atoms with van der Waals surface area (Å²) in [5.74, 6) is 4.05. The molecule has 4 aliphatic rings. The molecule has 0 amide bonds. The fourth-order valence-electron chi connectivity index (χ4n) is 4.54. The molecule has 0 saturated carbocycles. The summed E-state index contributed by atoms with van der Waals surface area (Å²) in [5.41, 5.74) is 2.28. The Morgan fingerprint density at radius 3 is 2.11 bits per heavy atom. The number of hydrogen-bond acceptors (Lipinski definition) is 6. The van der Waals surface area contributed by atoms with Crippen LogP contribution in [0.15, 0.2) is 36.4 Å². The molecule has 140 valence electrons. The molecule has 2 aromatic rings. The maximum absolute atomic E-state index is 6.25. The van der Waals surface area contributed by atoms with E-state index in [1.807, 2.05) is 24.3 Å². The summed E-state index contributed by atoms with van der Waals surface area (Å²) in [6.45, 7) is 2.02. The lowest BCUT2D eigenvalue weighted by atomic mass is 9.81. The van der Waals surface area contributed by atoms with Crippen LogP contribution in [0.4, 0.5) is 0 Å². The third-order valence-electron chi connectivity index (χ3n) is 5.98. The first-order valence-corrected chi connectivity index (χ1v) is 9.37. The molecule has 2 fully saturated rings. The van der Waals surface area contributed by atoms with Gasteiger partial charge in [-0.05, 0) is 47.7 Å². The van der Waals surface area contributed by atoms with Crippen LogP contribution in [0, 0.1) is 11.8 Å². The fourth-order valence-corrected chi connectivity index (χ4v) is 4.54. The number of hydrogen-bond donors (Lipinski definition) is 0. The highest BCUT2D eigenvalue weighted by Gasteiger charge is 2.43. The normalized spacial score (nSPS) is 30.4. The van der Waals surface area contributed by atoms with Crippen molar-refractivity contribution in [3.05, 3.63) is 47.5 Å². The van der Waals surface area contributed by atoms with Gasteiger partial charge in [-0.3, -0.25) is 0 Å². The first-order chi connectivity index (χ1) is 13.3. The highest BCUT2D eigenvalue weighted by Crippen LogP contribution is 2.48. The fraction of sp³-hybridized carbons (Fsp3) is 0.429. The van der Waals surface area contributed by atoms with Gasteiger partial charge in [-0.1, -0.05) is 12.1 Å². The molecule has 6 rings (SSSR count). The van der Waals surface area contributed by atoms with E-state index in [9.17, 15) is 0 Å². The Bertz CT molecular complexity index is 881. The van der Waals surface area contributed by atoms with Crippen molar-refractivity contribution in [1.82, 2.24) is 0 Å². The van der Waals surface area contributed by atoms with Crippen molar-refractivity contribution in [3.8, 4) is 23.0 Å². The van der Waals surface area contributed by atoms with Crippen LogP contribution in [0.25, 0.3) is 0 Å². The molecule has 4 heterocycles. The van der Waals surface area contributed by atoms with Crippen LogP contribution in [0.1, 0.15) is 29.8 Å². The second kappa shape index (κ2) is 6.04. The van der Waals surface area contributed by atoms with Gasteiger partial charge < -0.3 is 28.4 Å². The van der Waals surface area contributed by atoms with E-state index < -0.39 is 0 Å². The molecular formula is C21H20O6. The van der Waals surface area contributed by atoms with E-state index >= 15 is 0 Å². The van der Waals surface area contributed by atoms with Gasteiger partial charge in [0.25, 0.3) is 0 Å².